The van der Waals surface area contributed by atoms with E-state index in [-0.39, 0.29) is 41.6 Å². The molecule has 2 unspecified atom stereocenters. The number of allylic oxidation sites excluding steroid dienone is 3. The number of carbonyl (C=O) groups excluding carboxylic acids is 3. The van der Waals surface area contributed by atoms with E-state index in [2.05, 4.69) is 34.4 Å². The monoisotopic (exact) mass is 861 g/mol. The molecule has 7 atom stereocenters. The van der Waals surface area contributed by atoms with Crippen LogP contribution in [0.4, 0.5) is 5.82 Å². The Kier molecular flexibility index (Phi) is 16.8. The Morgan fingerprint density at radius 1 is 1.07 bits per heavy atom. The van der Waals surface area contributed by atoms with Gasteiger partial charge in [-0.25, -0.2) is 28.6 Å². The van der Waals surface area contributed by atoms with Crippen LogP contribution < -0.4 is 16.4 Å². The number of hydrogen-bond acceptors (Lipinski definition) is 18. The van der Waals surface area contributed by atoms with Gasteiger partial charge in [0.25, 0.3) is 0 Å². The molecule has 10 N–H and O–H groups in total. The Morgan fingerprint density at radius 3 is 2.44 bits per heavy atom. The van der Waals surface area contributed by atoms with Gasteiger partial charge in [-0.05, 0) is 13.0 Å². The van der Waals surface area contributed by atoms with Crippen LogP contribution in [-0.4, -0.2) is 123 Å². The molecule has 0 aromatic carbocycles. The van der Waals surface area contributed by atoms with E-state index in [4.69, 9.17) is 19.5 Å². The lowest BCUT2D eigenvalue weighted by molar-refractivity contribution is -0.137. The number of aliphatic hydroxyl groups is 2. The molecule has 2 aromatic heterocycles. The van der Waals surface area contributed by atoms with Crippen molar-refractivity contribution in [3.8, 4) is 0 Å². The minimum atomic E-state index is -5.57. The van der Waals surface area contributed by atoms with Gasteiger partial charge < -0.3 is 50.9 Å². The largest absolute Gasteiger partial charge is 0.481 e. The lowest BCUT2D eigenvalue weighted by Gasteiger charge is -2.30. The molecule has 3 heterocycles. The van der Waals surface area contributed by atoms with Crippen LogP contribution in [0.5, 0.6) is 0 Å². The van der Waals surface area contributed by atoms with Gasteiger partial charge in [0, 0.05) is 30.7 Å². The first kappa shape index (κ1) is 46.4. The average molecular weight is 862 g/mol. The number of ether oxygens (including phenoxy) is 1. The Bertz CT molecular complexity index is 1870. The van der Waals surface area contributed by atoms with Crippen molar-refractivity contribution in [1.29, 1.82) is 0 Å². The molecule has 1 aliphatic rings. The van der Waals surface area contributed by atoms with Crippen molar-refractivity contribution in [3.63, 3.8) is 0 Å². The van der Waals surface area contributed by atoms with Gasteiger partial charge in [0.1, 0.15) is 36.3 Å². The maximum absolute atomic E-state index is 12.7. The molecule has 24 nitrogen and oxygen atoms in total. The molecule has 0 saturated carbocycles. The molecule has 2 aromatic rings. The highest BCUT2D eigenvalue weighted by atomic mass is 32.2. The molecule has 3 rings (SSSR count). The summed E-state index contributed by atoms with van der Waals surface area (Å²) in [7, 11) is -16.4. The number of amides is 2. The quantitative estimate of drug-likeness (QED) is 0.0339. The summed E-state index contributed by atoms with van der Waals surface area (Å²) in [5, 5.41) is 26.1. The third-order valence-electron chi connectivity index (χ3n) is 7.28. The summed E-state index contributed by atoms with van der Waals surface area (Å²) in [6.45, 7) is 2.25. The van der Waals surface area contributed by atoms with Crippen LogP contribution >= 0.6 is 35.2 Å². The number of imidazole rings is 1. The fraction of sp³-hybridized carbons (Fsp3) is 0.556. The zero-order chi connectivity index (χ0) is 41.2. The molecule has 55 heavy (non-hydrogen) atoms. The normalized spacial score (nSPS) is 22.1. The number of phosphoric acid groups is 3. The summed E-state index contributed by atoms with van der Waals surface area (Å²) < 4.78 is 62.0. The highest BCUT2D eigenvalue weighted by Gasteiger charge is 2.50. The number of rotatable bonds is 21. The molecule has 1 fully saturated rings. The van der Waals surface area contributed by atoms with Crippen LogP contribution in [0.25, 0.3) is 11.2 Å². The van der Waals surface area contributed by atoms with Crippen LogP contribution in [0.2, 0.25) is 0 Å². The minimum Gasteiger partial charge on any atom is -0.386 e. The number of nitrogen functional groups attached to an aromatic ring is 1. The number of aromatic nitrogens is 4. The first-order chi connectivity index (χ1) is 25.6. The lowest BCUT2D eigenvalue weighted by atomic mass is 9.87. The van der Waals surface area contributed by atoms with E-state index in [9.17, 15) is 57.9 Å². The summed E-state index contributed by atoms with van der Waals surface area (Å²) in [5.41, 5.74) is 4.25. The van der Waals surface area contributed by atoms with Crippen molar-refractivity contribution in [3.05, 3.63) is 37.0 Å². The zero-order valence-electron chi connectivity index (χ0n) is 29.4. The molecule has 0 spiro atoms. The number of thioether (sulfide) groups is 1. The van der Waals surface area contributed by atoms with Gasteiger partial charge in [0.15, 0.2) is 17.7 Å². The highest BCUT2D eigenvalue weighted by molar-refractivity contribution is 8.14. The molecule has 0 bridgehead atoms. The fourth-order valence-corrected chi connectivity index (χ4v) is 7.98. The number of hydrogen-bond donors (Lipinski definition) is 9. The number of aliphatic hydroxyl groups excluding tert-OH is 2. The topological polar surface area (TPSA) is 364 Å². The molecule has 0 radical (unpaired) electrons. The van der Waals surface area contributed by atoms with Gasteiger partial charge in [0.2, 0.25) is 16.9 Å². The first-order valence-electron chi connectivity index (χ1n) is 15.9. The minimum absolute atomic E-state index is 0.0292. The second-order valence-electron chi connectivity index (χ2n) is 12.1. The maximum atomic E-state index is 12.7. The third kappa shape index (κ3) is 14.5. The van der Waals surface area contributed by atoms with Gasteiger partial charge in [-0.2, -0.15) is 4.31 Å². The summed E-state index contributed by atoms with van der Waals surface area (Å²) in [4.78, 5) is 87.1. The number of fused-ring (bicyclic) bond motifs is 1. The average Bonchev–Trinajstić information content (AvgIpc) is 3.64. The summed E-state index contributed by atoms with van der Waals surface area (Å²) in [6, 6.07) is 0. The number of carbonyl (C=O) groups is 3. The zero-order valence-corrected chi connectivity index (χ0v) is 32.9. The standard InChI is InChI=1S/C27H42N7O17P3S/c1-4-5-6-7-18(36)55-11-10-29-17(35)8-9-30-25(39)22(38)27(2,3)13-48-54(45,46)51-53(43,44)47-12-16-21(50-52(40,41)42)20(37)26(49-16)34-15-33-19-23(28)31-14-32-24(19)34/h4-7,14-16,20-22,26,37-38H,8-13H2,1-3H3,(H,29,35)(H,30,39)(H,43,44)(H,45,46)(H2,28,31,32)(H2,40,41,42)/t16-,20-,21-,22+,26-/m1/s1. The summed E-state index contributed by atoms with van der Waals surface area (Å²) in [5.74, 6) is -1.16. The number of nitrogens with two attached hydrogens (primary N) is 1. The van der Waals surface area contributed by atoms with Crippen LogP contribution in [0.3, 0.4) is 0 Å². The predicted molar refractivity (Wildman–Crippen MR) is 191 cm³/mol. The van der Waals surface area contributed by atoms with Crippen molar-refractivity contribution >= 4 is 69.1 Å². The number of phosphoric ester groups is 3. The molecule has 2 amide bonds. The van der Waals surface area contributed by atoms with Crippen molar-refractivity contribution in [2.75, 3.05) is 37.8 Å². The second-order valence-corrected chi connectivity index (χ2v) is 17.5. The Hall–Kier alpha value is -2.96. The van der Waals surface area contributed by atoms with E-state index in [0.717, 1.165) is 29.0 Å². The van der Waals surface area contributed by atoms with Gasteiger partial charge in [-0.15, -0.1) is 0 Å². The fourth-order valence-electron chi connectivity index (χ4n) is 4.58. The second kappa shape index (κ2) is 19.9. The van der Waals surface area contributed by atoms with Crippen LogP contribution in [0.1, 0.15) is 33.4 Å². The summed E-state index contributed by atoms with van der Waals surface area (Å²) >= 11 is 1.000. The number of nitrogens with one attached hydrogen (secondary N) is 2. The van der Waals surface area contributed by atoms with Crippen molar-refractivity contribution in [1.82, 2.24) is 30.2 Å². The van der Waals surface area contributed by atoms with Gasteiger partial charge in [-0.3, -0.25) is 32.5 Å². The molecule has 0 aliphatic carbocycles. The van der Waals surface area contributed by atoms with Crippen LogP contribution in [0.15, 0.2) is 37.0 Å². The van der Waals surface area contributed by atoms with Crippen molar-refractivity contribution < 1.29 is 80.5 Å². The number of nitrogens with zero attached hydrogens (tertiary/aromatic N) is 4. The summed E-state index contributed by atoms with van der Waals surface area (Å²) in [6.07, 6.45) is -0.509. The lowest BCUT2D eigenvalue weighted by Crippen LogP contribution is -2.46. The Labute approximate surface area is 317 Å². The van der Waals surface area contributed by atoms with Gasteiger partial charge in [-0.1, -0.05) is 43.8 Å². The van der Waals surface area contributed by atoms with E-state index < -0.39 is 84.6 Å². The molecule has 308 valence electrons. The van der Waals surface area contributed by atoms with E-state index in [1.165, 1.54) is 19.9 Å². The van der Waals surface area contributed by atoms with E-state index >= 15 is 0 Å². The maximum Gasteiger partial charge on any atom is 0.481 e. The van der Waals surface area contributed by atoms with Crippen LogP contribution in [-0.2, 0) is 50.7 Å². The van der Waals surface area contributed by atoms with Crippen LogP contribution in [0, 0.1) is 5.41 Å². The molecular formula is C27H42N7O17P3S. The Morgan fingerprint density at radius 2 is 1.76 bits per heavy atom. The van der Waals surface area contributed by atoms with E-state index in [1.54, 1.807) is 25.2 Å². The van der Waals surface area contributed by atoms with Crippen molar-refractivity contribution in [2.45, 2.75) is 57.8 Å². The van der Waals surface area contributed by atoms with Gasteiger partial charge >= 0.3 is 23.5 Å². The molecule has 28 heteroatoms. The van der Waals surface area contributed by atoms with E-state index in [0.29, 0.717) is 5.75 Å². The first-order valence-corrected chi connectivity index (χ1v) is 21.4. The third-order valence-corrected chi connectivity index (χ3v) is 11.2. The predicted octanol–water partition coefficient (Wildman–Crippen LogP) is -0.203. The molecule has 1 saturated heterocycles. The van der Waals surface area contributed by atoms with Crippen molar-refractivity contribution in [2.24, 2.45) is 5.41 Å². The Balaban J connectivity index is 1.50. The SMILES string of the molecule is CC=CC=CC(=O)SCCNC(=O)CCNC(=O)[C@H](O)C(C)(C)COP(=O)(O)OP(=O)(O)OC[C@H]1O[C@@H](n2cnc3c(N)ncnc32)[C@H](O)[C@@H]1OP(=O)(O)O. The van der Waals surface area contributed by atoms with Gasteiger partial charge in [0.05, 0.1) is 19.5 Å². The number of anilines is 1. The molecule has 1 aliphatic heterocycles. The van der Waals surface area contributed by atoms with E-state index in [1.807, 2.05) is 0 Å². The highest BCUT2D eigenvalue weighted by Crippen LogP contribution is 2.61. The smallest absolute Gasteiger partial charge is 0.386 e. The molecular weight excluding hydrogens is 819 g/mol.